The maximum atomic E-state index is 5.88. The molecule has 1 aromatic rings. The Morgan fingerprint density at radius 2 is 2.17 bits per heavy atom. The molecular formula is C10H9ClN. The van der Waals surface area contributed by atoms with Gasteiger partial charge in [-0.2, -0.15) is 0 Å². The highest BCUT2D eigenvalue weighted by molar-refractivity contribution is 6.30. The summed E-state index contributed by atoms with van der Waals surface area (Å²) in [5, 5.41) is 0.765. The summed E-state index contributed by atoms with van der Waals surface area (Å²) in [4.78, 5) is 4.18. The van der Waals surface area contributed by atoms with Gasteiger partial charge in [-0.15, -0.1) is 0 Å². The van der Waals surface area contributed by atoms with E-state index in [1.807, 2.05) is 18.2 Å². The summed E-state index contributed by atoms with van der Waals surface area (Å²) in [5.74, 6) is 0. The van der Waals surface area contributed by atoms with Gasteiger partial charge in [-0.1, -0.05) is 25.4 Å². The van der Waals surface area contributed by atoms with E-state index >= 15 is 0 Å². The normalized spacial score (nSPS) is 17.9. The van der Waals surface area contributed by atoms with E-state index in [0.29, 0.717) is 0 Å². The fourth-order valence-corrected chi connectivity index (χ4v) is 1.54. The number of aliphatic imine (C=N–C) groups is 1. The zero-order chi connectivity index (χ0) is 8.77. The second-order valence-electron chi connectivity index (χ2n) is 3.51. The SMILES string of the molecule is CC1(C)[C]=Nc2ccc(Cl)cc21. The van der Waals surface area contributed by atoms with E-state index in [1.165, 1.54) is 0 Å². The van der Waals surface area contributed by atoms with Gasteiger partial charge in [-0.25, -0.2) is 0 Å². The van der Waals surface area contributed by atoms with Gasteiger partial charge >= 0.3 is 0 Å². The van der Waals surface area contributed by atoms with E-state index in [-0.39, 0.29) is 5.41 Å². The van der Waals surface area contributed by atoms with Crippen LogP contribution in [-0.2, 0) is 5.41 Å². The Labute approximate surface area is 77.1 Å². The van der Waals surface area contributed by atoms with Crippen LogP contribution in [0.1, 0.15) is 19.4 Å². The predicted molar refractivity (Wildman–Crippen MR) is 51.6 cm³/mol. The first-order chi connectivity index (χ1) is 5.59. The van der Waals surface area contributed by atoms with Crippen LogP contribution >= 0.6 is 11.6 Å². The lowest BCUT2D eigenvalue weighted by atomic mass is 9.87. The summed E-state index contributed by atoms with van der Waals surface area (Å²) < 4.78 is 0. The molecule has 1 aliphatic rings. The molecular weight excluding hydrogens is 170 g/mol. The smallest absolute Gasteiger partial charge is 0.0735 e. The molecule has 1 aliphatic heterocycles. The molecule has 61 valence electrons. The molecule has 1 aromatic carbocycles. The largest absolute Gasteiger partial charge is 0.250 e. The highest BCUT2D eigenvalue weighted by Crippen LogP contribution is 2.37. The molecule has 2 heteroatoms. The van der Waals surface area contributed by atoms with Crippen molar-refractivity contribution in [2.45, 2.75) is 19.3 Å². The van der Waals surface area contributed by atoms with Crippen LogP contribution < -0.4 is 0 Å². The van der Waals surface area contributed by atoms with Crippen LogP contribution in [0.4, 0.5) is 5.69 Å². The second kappa shape index (κ2) is 2.33. The molecule has 1 heterocycles. The van der Waals surface area contributed by atoms with E-state index in [2.05, 4.69) is 25.1 Å². The van der Waals surface area contributed by atoms with Crippen molar-refractivity contribution in [2.24, 2.45) is 4.99 Å². The minimum atomic E-state index is -0.0831. The molecule has 0 N–H and O–H groups in total. The molecule has 0 saturated heterocycles. The molecule has 0 unspecified atom stereocenters. The highest BCUT2D eigenvalue weighted by Gasteiger charge is 2.27. The Bertz CT molecular complexity index is 353. The predicted octanol–water partition coefficient (Wildman–Crippen LogP) is 3.21. The molecule has 0 amide bonds. The van der Waals surface area contributed by atoms with Gasteiger partial charge in [0.1, 0.15) is 0 Å². The summed E-state index contributed by atoms with van der Waals surface area (Å²) in [6.45, 7) is 4.16. The third-order valence-electron chi connectivity index (χ3n) is 2.09. The first kappa shape index (κ1) is 7.81. The van der Waals surface area contributed by atoms with Gasteiger partial charge in [0.2, 0.25) is 0 Å². The first-order valence-electron chi connectivity index (χ1n) is 3.87. The van der Waals surface area contributed by atoms with E-state index in [9.17, 15) is 0 Å². The number of hydrogen-bond donors (Lipinski definition) is 0. The van der Waals surface area contributed by atoms with Crippen molar-refractivity contribution in [1.29, 1.82) is 0 Å². The van der Waals surface area contributed by atoms with Gasteiger partial charge < -0.3 is 0 Å². The number of hydrogen-bond acceptors (Lipinski definition) is 1. The molecule has 0 atom stereocenters. The van der Waals surface area contributed by atoms with Crippen molar-refractivity contribution < 1.29 is 0 Å². The third-order valence-corrected chi connectivity index (χ3v) is 2.32. The summed E-state index contributed by atoms with van der Waals surface area (Å²) in [6, 6.07) is 5.74. The zero-order valence-corrected chi connectivity index (χ0v) is 7.81. The number of benzene rings is 1. The highest BCUT2D eigenvalue weighted by atomic mass is 35.5. The van der Waals surface area contributed by atoms with Crippen LogP contribution in [-0.4, -0.2) is 6.21 Å². The molecule has 0 aromatic heterocycles. The van der Waals surface area contributed by atoms with Crippen LogP contribution in [0, 0.1) is 0 Å². The fourth-order valence-electron chi connectivity index (χ4n) is 1.37. The van der Waals surface area contributed by atoms with Gasteiger partial charge in [-0.05, 0) is 23.8 Å². The van der Waals surface area contributed by atoms with Crippen LogP contribution in [0.5, 0.6) is 0 Å². The van der Waals surface area contributed by atoms with Gasteiger partial charge in [0.15, 0.2) is 0 Å². The maximum Gasteiger partial charge on any atom is 0.0735 e. The van der Waals surface area contributed by atoms with E-state index in [1.54, 1.807) is 0 Å². The summed E-state index contributed by atoms with van der Waals surface area (Å²) >= 11 is 5.88. The van der Waals surface area contributed by atoms with Crippen molar-refractivity contribution in [1.82, 2.24) is 0 Å². The number of nitrogens with zero attached hydrogens (tertiary/aromatic N) is 1. The lowest BCUT2D eigenvalue weighted by Crippen LogP contribution is -2.14. The van der Waals surface area contributed by atoms with E-state index in [0.717, 1.165) is 16.3 Å². The zero-order valence-electron chi connectivity index (χ0n) is 7.06. The Morgan fingerprint density at radius 3 is 2.92 bits per heavy atom. The molecule has 0 fully saturated rings. The topological polar surface area (TPSA) is 12.4 Å². The van der Waals surface area contributed by atoms with Gasteiger partial charge in [0, 0.05) is 10.4 Å². The lowest BCUT2D eigenvalue weighted by molar-refractivity contribution is 0.753. The van der Waals surface area contributed by atoms with Crippen LogP contribution in [0.25, 0.3) is 0 Å². The van der Waals surface area contributed by atoms with Crippen LogP contribution in [0.15, 0.2) is 23.2 Å². The van der Waals surface area contributed by atoms with E-state index in [4.69, 9.17) is 11.6 Å². The maximum absolute atomic E-state index is 5.88. The minimum absolute atomic E-state index is 0.0831. The van der Waals surface area contributed by atoms with Crippen molar-refractivity contribution in [2.75, 3.05) is 0 Å². The summed E-state index contributed by atoms with van der Waals surface area (Å²) in [5.41, 5.74) is 2.07. The second-order valence-corrected chi connectivity index (χ2v) is 3.95. The van der Waals surface area contributed by atoms with Crippen molar-refractivity contribution in [3.63, 3.8) is 0 Å². The van der Waals surface area contributed by atoms with Gasteiger partial charge in [0.25, 0.3) is 0 Å². The van der Waals surface area contributed by atoms with Crippen molar-refractivity contribution in [3.05, 3.63) is 28.8 Å². The van der Waals surface area contributed by atoms with Crippen molar-refractivity contribution in [3.8, 4) is 0 Å². The van der Waals surface area contributed by atoms with Crippen LogP contribution in [0.2, 0.25) is 5.02 Å². The molecule has 1 nitrogen and oxygen atoms in total. The number of rotatable bonds is 0. The van der Waals surface area contributed by atoms with Crippen molar-refractivity contribution >= 4 is 23.5 Å². The molecule has 1 radical (unpaired) electrons. The molecule has 2 rings (SSSR count). The third kappa shape index (κ3) is 1.05. The Hall–Kier alpha value is -0.820. The summed E-state index contributed by atoms with van der Waals surface area (Å²) in [7, 11) is 0. The molecule has 12 heavy (non-hydrogen) atoms. The quantitative estimate of drug-likeness (QED) is 0.579. The number of fused-ring (bicyclic) bond motifs is 1. The molecule has 0 saturated carbocycles. The molecule has 0 bridgehead atoms. The Morgan fingerprint density at radius 1 is 1.42 bits per heavy atom. The summed E-state index contributed by atoms with van der Waals surface area (Å²) in [6.07, 6.45) is 3.05. The molecule has 0 spiro atoms. The van der Waals surface area contributed by atoms with Crippen LogP contribution in [0.3, 0.4) is 0 Å². The van der Waals surface area contributed by atoms with Gasteiger partial charge in [-0.3, -0.25) is 4.99 Å². The fraction of sp³-hybridized carbons (Fsp3) is 0.300. The average Bonchev–Trinajstić information content (AvgIpc) is 2.28. The minimum Gasteiger partial charge on any atom is -0.250 e. The Kier molecular flexibility index (Phi) is 1.52. The standard InChI is InChI=1S/C10H9ClN/c1-10(2)6-12-9-4-3-7(11)5-8(9)10/h3-5H,1-2H3. The van der Waals surface area contributed by atoms with Gasteiger partial charge in [0.05, 0.1) is 11.9 Å². The Balaban J connectivity index is 2.63. The number of halogens is 1. The molecule has 0 aliphatic carbocycles. The van der Waals surface area contributed by atoms with E-state index < -0.39 is 0 Å². The first-order valence-corrected chi connectivity index (χ1v) is 4.25. The monoisotopic (exact) mass is 178 g/mol. The lowest BCUT2D eigenvalue weighted by Gasteiger charge is -2.14. The average molecular weight is 179 g/mol.